The van der Waals surface area contributed by atoms with E-state index in [1.807, 2.05) is 19.1 Å². The summed E-state index contributed by atoms with van der Waals surface area (Å²) < 4.78 is 15.8. The molecule has 2 aromatic rings. The second-order valence-corrected chi connectivity index (χ2v) is 5.91. The lowest BCUT2D eigenvalue weighted by atomic mass is 10.0. The molecular formula is C20H22NO6-. The van der Waals surface area contributed by atoms with Gasteiger partial charge in [0.05, 0.1) is 20.3 Å². The first-order chi connectivity index (χ1) is 12.9. The molecule has 0 bridgehead atoms. The molecule has 1 unspecified atom stereocenters. The van der Waals surface area contributed by atoms with Crippen molar-refractivity contribution in [3.63, 3.8) is 0 Å². The Balaban J connectivity index is 2.08. The van der Waals surface area contributed by atoms with E-state index in [9.17, 15) is 14.7 Å². The van der Waals surface area contributed by atoms with Gasteiger partial charge in [-0.15, -0.1) is 0 Å². The van der Waals surface area contributed by atoms with Gasteiger partial charge in [0, 0.05) is 12.4 Å². The Bertz CT molecular complexity index is 788. The maximum absolute atomic E-state index is 12.2. The SMILES string of the molecule is COc1ccc(C(CC(=O)[O-])NC(=O)COc2ccc(C)cc2)cc1OC. The lowest BCUT2D eigenvalue weighted by Crippen LogP contribution is -2.36. The zero-order valence-electron chi connectivity index (χ0n) is 15.5. The number of aryl methyl sites for hydroxylation is 1. The summed E-state index contributed by atoms with van der Waals surface area (Å²) in [7, 11) is 2.98. The predicted molar refractivity (Wildman–Crippen MR) is 96.7 cm³/mol. The third kappa shape index (κ3) is 5.91. The molecule has 7 nitrogen and oxygen atoms in total. The van der Waals surface area contributed by atoms with Crippen molar-refractivity contribution in [1.82, 2.24) is 5.32 Å². The number of carboxylic acid groups (broad SMARTS) is 1. The monoisotopic (exact) mass is 372 g/mol. The van der Waals surface area contributed by atoms with Crippen LogP contribution in [0.15, 0.2) is 42.5 Å². The van der Waals surface area contributed by atoms with E-state index >= 15 is 0 Å². The van der Waals surface area contributed by atoms with E-state index < -0.39 is 17.9 Å². The largest absolute Gasteiger partial charge is 0.550 e. The quantitative estimate of drug-likeness (QED) is 0.714. The van der Waals surface area contributed by atoms with Crippen molar-refractivity contribution in [3.05, 3.63) is 53.6 Å². The second-order valence-electron chi connectivity index (χ2n) is 5.91. The van der Waals surface area contributed by atoms with Gasteiger partial charge in [-0.1, -0.05) is 23.8 Å². The van der Waals surface area contributed by atoms with Crippen LogP contribution in [0.2, 0.25) is 0 Å². The van der Waals surface area contributed by atoms with Crippen molar-refractivity contribution < 1.29 is 28.9 Å². The summed E-state index contributed by atoms with van der Waals surface area (Å²) >= 11 is 0. The Kier molecular flexibility index (Phi) is 7.05. The van der Waals surface area contributed by atoms with Crippen LogP contribution in [0.25, 0.3) is 0 Å². The van der Waals surface area contributed by atoms with Crippen LogP contribution in [0.1, 0.15) is 23.6 Å². The van der Waals surface area contributed by atoms with Crippen molar-refractivity contribution in [3.8, 4) is 17.2 Å². The van der Waals surface area contributed by atoms with Crippen LogP contribution in [0, 0.1) is 6.92 Å². The molecule has 1 atom stereocenters. The van der Waals surface area contributed by atoms with Crippen LogP contribution in [0.3, 0.4) is 0 Å². The highest BCUT2D eigenvalue weighted by atomic mass is 16.5. The van der Waals surface area contributed by atoms with Gasteiger partial charge in [0.25, 0.3) is 5.91 Å². The summed E-state index contributed by atoms with van der Waals surface area (Å²) in [5.41, 5.74) is 1.63. The minimum atomic E-state index is -1.28. The summed E-state index contributed by atoms with van der Waals surface area (Å²) in [5, 5.41) is 13.8. The number of aliphatic carboxylic acids is 1. The molecule has 0 radical (unpaired) electrons. The van der Waals surface area contributed by atoms with E-state index in [2.05, 4.69) is 5.32 Å². The van der Waals surface area contributed by atoms with Crippen molar-refractivity contribution in [2.75, 3.05) is 20.8 Å². The van der Waals surface area contributed by atoms with Gasteiger partial charge in [-0.25, -0.2) is 0 Å². The first-order valence-electron chi connectivity index (χ1n) is 8.33. The molecule has 0 aliphatic rings. The van der Waals surface area contributed by atoms with E-state index in [4.69, 9.17) is 14.2 Å². The minimum absolute atomic E-state index is 0.236. The standard InChI is InChI=1S/C20H23NO6/c1-13-4-7-15(8-5-13)27-12-19(22)21-16(11-20(23)24)14-6-9-17(25-2)18(10-14)26-3/h4-10,16H,11-12H2,1-3H3,(H,21,22)(H,23,24)/p-1. The molecule has 0 spiro atoms. The Labute approximate surface area is 157 Å². The van der Waals surface area contributed by atoms with Crippen molar-refractivity contribution in [1.29, 1.82) is 0 Å². The van der Waals surface area contributed by atoms with Gasteiger partial charge in [0.15, 0.2) is 18.1 Å². The van der Waals surface area contributed by atoms with E-state index in [1.54, 1.807) is 30.3 Å². The number of ether oxygens (including phenoxy) is 3. The van der Waals surface area contributed by atoms with Crippen molar-refractivity contribution in [2.45, 2.75) is 19.4 Å². The third-order valence-electron chi connectivity index (χ3n) is 3.91. The number of rotatable bonds is 9. The summed E-state index contributed by atoms with van der Waals surface area (Å²) in [5.74, 6) is -0.240. The molecule has 0 aliphatic heterocycles. The summed E-state index contributed by atoms with van der Waals surface area (Å²) in [4.78, 5) is 23.3. The fraction of sp³-hybridized carbons (Fsp3) is 0.300. The molecule has 27 heavy (non-hydrogen) atoms. The molecule has 1 amide bonds. The summed E-state index contributed by atoms with van der Waals surface area (Å²) in [6, 6.07) is 11.4. The highest BCUT2D eigenvalue weighted by Crippen LogP contribution is 2.30. The van der Waals surface area contributed by atoms with E-state index in [0.29, 0.717) is 22.8 Å². The van der Waals surface area contributed by atoms with E-state index in [0.717, 1.165) is 5.56 Å². The molecule has 0 heterocycles. The first-order valence-corrected chi connectivity index (χ1v) is 8.33. The Morgan fingerprint density at radius 1 is 1.04 bits per heavy atom. The van der Waals surface area contributed by atoms with Crippen molar-refractivity contribution >= 4 is 11.9 Å². The number of amides is 1. The second kappa shape index (κ2) is 9.47. The van der Waals surface area contributed by atoms with Crippen LogP contribution < -0.4 is 24.6 Å². The van der Waals surface area contributed by atoms with Crippen LogP contribution in [0.4, 0.5) is 0 Å². The Morgan fingerprint density at radius 2 is 1.70 bits per heavy atom. The lowest BCUT2D eigenvalue weighted by Gasteiger charge is -2.21. The zero-order valence-corrected chi connectivity index (χ0v) is 15.5. The summed E-state index contributed by atoms with van der Waals surface area (Å²) in [6.07, 6.45) is -0.383. The number of hydrogen-bond donors (Lipinski definition) is 1. The van der Waals surface area contributed by atoms with E-state index in [1.165, 1.54) is 14.2 Å². The average Bonchev–Trinajstić information content (AvgIpc) is 2.66. The molecule has 2 rings (SSSR count). The number of nitrogens with one attached hydrogen (secondary N) is 1. The highest BCUT2D eigenvalue weighted by Gasteiger charge is 2.18. The Hall–Kier alpha value is -3.22. The molecule has 7 heteroatoms. The van der Waals surface area contributed by atoms with Crippen LogP contribution in [-0.4, -0.2) is 32.7 Å². The summed E-state index contributed by atoms with van der Waals surface area (Å²) in [6.45, 7) is 1.71. The molecule has 2 aromatic carbocycles. The van der Waals surface area contributed by atoms with Gasteiger partial charge in [-0.3, -0.25) is 4.79 Å². The number of carbonyl (C=O) groups is 2. The normalized spacial score (nSPS) is 11.4. The molecule has 144 valence electrons. The third-order valence-corrected chi connectivity index (χ3v) is 3.91. The van der Waals surface area contributed by atoms with Crippen molar-refractivity contribution in [2.24, 2.45) is 0 Å². The van der Waals surface area contributed by atoms with Gasteiger partial charge >= 0.3 is 0 Å². The molecule has 0 aliphatic carbocycles. The zero-order chi connectivity index (χ0) is 19.8. The average molecular weight is 372 g/mol. The van der Waals surface area contributed by atoms with Crippen LogP contribution in [0.5, 0.6) is 17.2 Å². The number of benzene rings is 2. The molecule has 0 fully saturated rings. The molecule has 0 saturated heterocycles. The highest BCUT2D eigenvalue weighted by molar-refractivity contribution is 5.79. The molecule has 0 aromatic heterocycles. The number of methoxy groups -OCH3 is 2. The Morgan fingerprint density at radius 3 is 2.30 bits per heavy atom. The lowest BCUT2D eigenvalue weighted by molar-refractivity contribution is -0.306. The van der Waals surface area contributed by atoms with Crippen LogP contribution in [-0.2, 0) is 9.59 Å². The van der Waals surface area contributed by atoms with Gasteiger partial charge in [-0.2, -0.15) is 0 Å². The maximum Gasteiger partial charge on any atom is 0.258 e. The smallest absolute Gasteiger partial charge is 0.258 e. The minimum Gasteiger partial charge on any atom is -0.550 e. The predicted octanol–water partition coefficient (Wildman–Crippen LogP) is 1.39. The fourth-order valence-corrected chi connectivity index (χ4v) is 2.51. The fourth-order valence-electron chi connectivity index (χ4n) is 2.51. The van der Waals surface area contributed by atoms with E-state index in [-0.39, 0.29) is 13.0 Å². The van der Waals surface area contributed by atoms with Gasteiger partial charge in [0.2, 0.25) is 0 Å². The van der Waals surface area contributed by atoms with Gasteiger partial charge in [0.1, 0.15) is 5.75 Å². The number of hydrogen-bond acceptors (Lipinski definition) is 6. The molecular weight excluding hydrogens is 350 g/mol. The van der Waals surface area contributed by atoms with Crippen LogP contribution >= 0.6 is 0 Å². The van der Waals surface area contributed by atoms with Gasteiger partial charge < -0.3 is 29.4 Å². The topological polar surface area (TPSA) is 96.9 Å². The molecule has 1 N–H and O–H groups in total. The number of carbonyl (C=O) groups excluding carboxylic acids is 2. The number of carboxylic acids is 1. The maximum atomic E-state index is 12.2. The van der Waals surface area contributed by atoms with Gasteiger partial charge in [-0.05, 0) is 36.8 Å². The molecule has 0 saturated carbocycles. The first kappa shape index (κ1) is 20.1.